The molecule has 0 spiro atoms. The molecule has 1 aliphatic heterocycles. The van der Waals surface area contributed by atoms with Crippen molar-refractivity contribution >= 4 is 17.1 Å². The summed E-state index contributed by atoms with van der Waals surface area (Å²) < 4.78 is 8.47. The molecule has 0 saturated carbocycles. The standard InChI is InChI=1S/C17H23N3O4/c1-2-24-17(23)18-9-7-13(8-10-18)20-15-6-4-3-5-14(15)19(11-12-21)16(20)22/h3-6,13,21H,2,7-12H2,1H3. The molecule has 3 rings (SSSR count). The average molecular weight is 333 g/mol. The number of aliphatic hydroxyl groups is 1. The molecule has 0 aliphatic carbocycles. The zero-order valence-corrected chi connectivity index (χ0v) is 13.9. The Morgan fingerprint density at radius 2 is 1.92 bits per heavy atom. The maximum absolute atomic E-state index is 12.8. The summed E-state index contributed by atoms with van der Waals surface area (Å²) in [5.41, 5.74) is 1.62. The number of imidazole rings is 1. The van der Waals surface area contributed by atoms with Gasteiger partial charge in [-0.15, -0.1) is 0 Å². The highest BCUT2D eigenvalue weighted by atomic mass is 16.6. The highest BCUT2D eigenvalue weighted by Gasteiger charge is 2.27. The van der Waals surface area contributed by atoms with Crippen molar-refractivity contribution in [2.45, 2.75) is 32.4 Å². The number of fused-ring (bicyclic) bond motifs is 1. The number of ether oxygens (including phenoxy) is 1. The first-order valence-electron chi connectivity index (χ1n) is 8.39. The number of piperidine rings is 1. The van der Waals surface area contributed by atoms with Crippen LogP contribution < -0.4 is 5.69 Å². The van der Waals surface area contributed by atoms with E-state index >= 15 is 0 Å². The summed E-state index contributed by atoms with van der Waals surface area (Å²) >= 11 is 0. The van der Waals surface area contributed by atoms with Gasteiger partial charge in [0.05, 0.1) is 30.8 Å². The normalized spacial score (nSPS) is 15.8. The van der Waals surface area contributed by atoms with Crippen LogP contribution in [0.25, 0.3) is 11.0 Å². The van der Waals surface area contributed by atoms with Gasteiger partial charge in [-0.1, -0.05) is 12.1 Å². The number of hydrogen-bond acceptors (Lipinski definition) is 4. The maximum atomic E-state index is 12.8. The van der Waals surface area contributed by atoms with Crippen LogP contribution in [-0.2, 0) is 11.3 Å². The predicted octanol–water partition coefficient (Wildman–Crippen LogP) is 1.59. The fourth-order valence-corrected chi connectivity index (χ4v) is 3.42. The third-order valence-corrected chi connectivity index (χ3v) is 4.55. The molecule has 2 heterocycles. The minimum absolute atomic E-state index is 0.0491. The van der Waals surface area contributed by atoms with Crippen LogP contribution in [0.5, 0.6) is 0 Å². The van der Waals surface area contributed by atoms with Crippen molar-refractivity contribution in [3.8, 4) is 0 Å². The molecule has 1 aromatic heterocycles. The molecule has 1 N–H and O–H groups in total. The fourth-order valence-electron chi connectivity index (χ4n) is 3.42. The van der Waals surface area contributed by atoms with Crippen molar-refractivity contribution in [1.29, 1.82) is 0 Å². The summed E-state index contributed by atoms with van der Waals surface area (Å²) in [6.45, 7) is 3.53. The predicted molar refractivity (Wildman–Crippen MR) is 90.1 cm³/mol. The van der Waals surface area contributed by atoms with E-state index in [9.17, 15) is 14.7 Å². The van der Waals surface area contributed by atoms with Gasteiger partial charge in [-0.05, 0) is 31.9 Å². The minimum atomic E-state index is -0.286. The molecule has 1 aliphatic rings. The molecule has 7 heteroatoms. The zero-order valence-electron chi connectivity index (χ0n) is 13.9. The summed E-state index contributed by atoms with van der Waals surface area (Å²) in [5, 5.41) is 9.24. The Labute approximate surface area is 140 Å². The number of para-hydroxylation sites is 2. The Balaban J connectivity index is 1.87. The number of nitrogens with zero attached hydrogens (tertiary/aromatic N) is 3. The lowest BCUT2D eigenvalue weighted by Crippen LogP contribution is -2.41. The summed E-state index contributed by atoms with van der Waals surface area (Å²) in [4.78, 5) is 26.3. The van der Waals surface area contributed by atoms with Crippen molar-refractivity contribution < 1.29 is 14.6 Å². The number of carbonyl (C=O) groups excluding carboxylic acids is 1. The minimum Gasteiger partial charge on any atom is -0.450 e. The van der Waals surface area contributed by atoms with Gasteiger partial charge in [0.2, 0.25) is 0 Å². The van der Waals surface area contributed by atoms with Crippen molar-refractivity contribution in [2.24, 2.45) is 0 Å². The largest absolute Gasteiger partial charge is 0.450 e. The van der Waals surface area contributed by atoms with Crippen LogP contribution in [0, 0.1) is 0 Å². The summed E-state index contributed by atoms with van der Waals surface area (Å²) in [7, 11) is 0. The Morgan fingerprint density at radius 3 is 2.54 bits per heavy atom. The Kier molecular flexibility index (Phi) is 4.89. The van der Waals surface area contributed by atoms with E-state index in [-0.39, 0.29) is 31.0 Å². The number of likely N-dealkylation sites (tertiary alicyclic amines) is 1. The molecular weight excluding hydrogens is 310 g/mol. The molecule has 130 valence electrons. The van der Waals surface area contributed by atoms with E-state index in [0.717, 1.165) is 11.0 Å². The van der Waals surface area contributed by atoms with Crippen LogP contribution in [-0.4, -0.2) is 51.5 Å². The first-order chi connectivity index (χ1) is 11.7. The van der Waals surface area contributed by atoms with Gasteiger partial charge in [0, 0.05) is 19.1 Å². The van der Waals surface area contributed by atoms with Gasteiger partial charge in [0.1, 0.15) is 0 Å². The van der Waals surface area contributed by atoms with Gasteiger partial charge < -0.3 is 14.7 Å². The number of rotatable bonds is 4. The van der Waals surface area contributed by atoms with E-state index in [1.54, 1.807) is 16.4 Å². The van der Waals surface area contributed by atoms with Gasteiger partial charge in [0.25, 0.3) is 0 Å². The molecule has 1 amide bonds. The number of carbonyl (C=O) groups is 1. The Morgan fingerprint density at radius 1 is 1.25 bits per heavy atom. The molecule has 0 radical (unpaired) electrons. The Hall–Kier alpha value is -2.28. The van der Waals surface area contributed by atoms with Gasteiger partial charge in [-0.25, -0.2) is 9.59 Å². The monoisotopic (exact) mass is 333 g/mol. The van der Waals surface area contributed by atoms with Gasteiger partial charge in [-0.2, -0.15) is 0 Å². The Bertz CT molecular complexity index is 772. The highest BCUT2D eigenvalue weighted by molar-refractivity contribution is 5.76. The molecule has 7 nitrogen and oxygen atoms in total. The average Bonchev–Trinajstić information content (AvgIpc) is 2.88. The molecule has 1 saturated heterocycles. The van der Waals surface area contributed by atoms with E-state index in [1.165, 1.54) is 0 Å². The van der Waals surface area contributed by atoms with Crippen LogP contribution in [0.2, 0.25) is 0 Å². The smallest absolute Gasteiger partial charge is 0.409 e. The highest BCUT2D eigenvalue weighted by Crippen LogP contribution is 2.26. The first kappa shape index (κ1) is 16.6. The molecule has 0 unspecified atom stereocenters. The number of benzene rings is 1. The van der Waals surface area contributed by atoms with Crippen molar-refractivity contribution in [2.75, 3.05) is 26.3 Å². The van der Waals surface area contributed by atoms with Gasteiger partial charge in [0.15, 0.2) is 0 Å². The molecule has 1 fully saturated rings. The molecule has 24 heavy (non-hydrogen) atoms. The van der Waals surface area contributed by atoms with Gasteiger partial charge >= 0.3 is 11.8 Å². The molecule has 2 aromatic rings. The number of hydrogen-bond donors (Lipinski definition) is 1. The van der Waals surface area contributed by atoms with Crippen LogP contribution in [0.1, 0.15) is 25.8 Å². The molecule has 1 aromatic carbocycles. The van der Waals surface area contributed by atoms with E-state index < -0.39 is 0 Å². The molecule has 0 atom stereocenters. The quantitative estimate of drug-likeness (QED) is 0.922. The van der Waals surface area contributed by atoms with E-state index in [2.05, 4.69) is 0 Å². The topological polar surface area (TPSA) is 76.7 Å². The SMILES string of the molecule is CCOC(=O)N1CCC(n2c(=O)n(CCO)c3ccccc32)CC1. The third-order valence-electron chi connectivity index (χ3n) is 4.55. The molecule has 0 bridgehead atoms. The summed E-state index contributed by atoms with van der Waals surface area (Å²) in [5.74, 6) is 0. The van der Waals surface area contributed by atoms with Crippen molar-refractivity contribution in [1.82, 2.24) is 14.0 Å². The van der Waals surface area contributed by atoms with Crippen LogP contribution in [0.3, 0.4) is 0 Å². The lowest BCUT2D eigenvalue weighted by molar-refractivity contribution is 0.0926. The lowest BCUT2D eigenvalue weighted by Gasteiger charge is -2.31. The van der Waals surface area contributed by atoms with E-state index in [4.69, 9.17) is 4.74 Å². The van der Waals surface area contributed by atoms with Crippen molar-refractivity contribution in [3.63, 3.8) is 0 Å². The first-order valence-corrected chi connectivity index (χ1v) is 8.39. The summed E-state index contributed by atoms with van der Waals surface area (Å²) in [6.07, 6.45) is 1.14. The second-order valence-electron chi connectivity index (χ2n) is 5.93. The summed E-state index contributed by atoms with van der Waals surface area (Å²) in [6, 6.07) is 7.69. The molecular formula is C17H23N3O4. The lowest BCUT2D eigenvalue weighted by atomic mass is 10.0. The number of amides is 1. The van der Waals surface area contributed by atoms with E-state index in [1.807, 2.05) is 28.8 Å². The van der Waals surface area contributed by atoms with Crippen molar-refractivity contribution in [3.05, 3.63) is 34.7 Å². The second-order valence-corrected chi connectivity index (χ2v) is 5.93. The van der Waals surface area contributed by atoms with Crippen LogP contribution >= 0.6 is 0 Å². The van der Waals surface area contributed by atoms with Gasteiger partial charge in [-0.3, -0.25) is 9.13 Å². The van der Waals surface area contributed by atoms with Crippen LogP contribution in [0.15, 0.2) is 29.1 Å². The maximum Gasteiger partial charge on any atom is 0.409 e. The third kappa shape index (κ3) is 2.91. The second kappa shape index (κ2) is 7.09. The number of aromatic nitrogens is 2. The zero-order chi connectivity index (χ0) is 17.1. The van der Waals surface area contributed by atoms with Crippen LogP contribution in [0.4, 0.5) is 4.79 Å². The fraction of sp³-hybridized carbons (Fsp3) is 0.529. The van der Waals surface area contributed by atoms with E-state index in [0.29, 0.717) is 32.5 Å². The number of aliphatic hydroxyl groups excluding tert-OH is 1.